The molecular weight excluding hydrogens is 498 g/mol. The monoisotopic (exact) mass is 519 g/mol. The quantitative estimate of drug-likeness (QED) is 0.166. The summed E-state index contributed by atoms with van der Waals surface area (Å²) in [6.45, 7) is 1.92. The Morgan fingerprint density at radius 1 is 1.43 bits per heavy atom. The van der Waals surface area contributed by atoms with Crippen LogP contribution in [0.3, 0.4) is 0 Å². The highest BCUT2D eigenvalue weighted by Crippen LogP contribution is 2.41. The van der Waals surface area contributed by atoms with Crippen molar-refractivity contribution in [2.45, 2.75) is 23.5 Å². The molecule has 1 unspecified atom stereocenters. The van der Waals surface area contributed by atoms with E-state index in [9.17, 15) is 19.5 Å². The number of carboxylic acids is 1. The molecule has 14 nitrogen and oxygen atoms in total. The Kier molecular flexibility index (Phi) is 7.20. The van der Waals surface area contributed by atoms with Gasteiger partial charge < -0.3 is 21.0 Å². The number of nitrogens with two attached hydrogens (primary N) is 1. The number of amides is 2. The van der Waals surface area contributed by atoms with Crippen LogP contribution >= 0.6 is 23.5 Å². The standard InChI is InChI=1S/C19H21N9O5S2/c1-3-33-24-12(10-5-4-6-11(20)21-10)15(29)22-13-16(30)28-14(18(31)32)9(7-34-17(13)28)8-35-19-23-25-26-27(19)2/h4-6,13,17H,3,7-8H2,1-2H3,(H2,20,21)(H,22,29)(H,31,32)/t13?,17-/m1/s1. The van der Waals surface area contributed by atoms with Crippen molar-refractivity contribution in [1.82, 2.24) is 35.4 Å². The third-order valence-electron chi connectivity index (χ3n) is 5.01. The predicted molar refractivity (Wildman–Crippen MR) is 126 cm³/mol. The topological polar surface area (TPSA) is 191 Å². The molecule has 184 valence electrons. The SMILES string of the molecule is CCON=C(C(=O)NC1C(=O)N2C(C(=O)O)=C(CSc3nnnn3C)CS[C@H]12)c1cccc(N)n1. The molecule has 0 aliphatic carbocycles. The van der Waals surface area contributed by atoms with E-state index in [0.717, 1.165) is 0 Å². The Labute approximate surface area is 207 Å². The van der Waals surface area contributed by atoms with Crippen molar-refractivity contribution in [3.8, 4) is 0 Å². The van der Waals surface area contributed by atoms with Crippen molar-refractivity contribution in [2.75, 3.05) is 23.8 Å². The van der Waals surface area contributed by atoms with E-state index >= 15 is 0 Å². The lowest BCUT2D eigenvalue weighted by atomic mass is 10.0. The first-order valence-electron chi connectivity index (χ1n) is 10.3. The molecule has 4 heterocycles. The normalized spacial score (nSPS) is 19.8. The van der Waals surface area contributed by atoms with Gasteiger partial charge in [0.25, 0.3) is 11.8 Å². The fourth-order valence-electron chi connectivity index (χ4n) is 3.42. The lowest BCUT2D eigenvalue weighted by Crippen LogP contribution is -2.71. The van der Waals surface area contributed by atoms with Crippen molar-refractivity contribution in [3.63, 3.8) is 0 Å². The molecular formula is C19H21N9O5S2. The molecule has 35 heavy (non-hydrogen) atoms. The Hall–Kier alpha value is -3.66. The molecule has 2 atom stereocenters. The maximum Gasteiger partial charge on any atom is 0.352 e. The van der Waals surface area contributed by atoms with Crippen LogP contribution in [0.15, 0.2) is 39.8 Å². The smallest absolute Gasteiger partial charge is 0.352 e. The van der Waals surface area contributed by atoms with E-state index in [1.54, 1.807) is 32.2 Å². The minimum atomic E-state index is -1.22. The van der Waals surface area contributed by atoms with E-state index in [0.29, 0.717) is 22.2 Å². The fraction of sp³-hybridized carbons (Fsp3) is 0.368. The van der Waals surface area contributed by atoms with Gasteiger partial charge in [0.2, 0.25) is 5.16 Å². The highest BCUT2D eigenvalue weighted by atomic mass is 32.2. The number of rotatable bonds is 9. The van der Waals surface area contributed by atoms with E-state index < -0.39 is 29.2 Å². The lowest BCUT2D eigenvalue weighted by molar-refractivity contribution is -0.150. The highest BCUT2D eigenvalue weighted by molar-refractivity contribution is 8.01. The summed E-state index contributed by atoms with van der Waals surface area (Å²) in [7, 11) is 1.68. The van der Waals surface area contributed by atoms with Gasteiger partial charge in [-0.3, -0.25) is 14.5 Å². The second kappa shape index (κ2) is 10.3. The zero-order valence-corrected chi connectivity index (χ0v) is 20.2. The van der Waals surface area contributed by atoms with Crippen molar-refractivity contribution in [3.05, 3.63) is 35.2 Å². The van der Waals surface area contributed by atoms with Crippen molar-refractivity contribution in [2.24, 2.45) is 12.2 Å². The van der Waals surface area contributed by atoms with E-state index in [1.165, 1.54) is 33.1 Å². The van der Waals surface area contributed by atoms with Crippen LogP contribution in [0, 0.1) is 0 Å². The Morgan fingerprint density at radius 3 is 2.89 bits per heavy atom. The van der Waals surface area contributed by atoms with Crippen LogP contribution in [0.2, 0.25) is 0 Å². The molecule has 0 radical (unpaired) electrons. The van der Waals surface area contributed by atoms with Gasteiger partial charge in [0.05, 0.1) is 0 Å². The highest BCUT2D eigenvalue weighted by Gasteiger charge is 2.54. The molecule has 2 aromatic rings. The molecule has 0 bridgehead atoms. The van der Waals surface area contributed by atoms with E-state index in [1.807, 2.05) is 0 Å². The molecule has 2 aliphatic heterocycles. The number of nitrogen functional groups attached to an aromatic ring is 1. The third-order valence-corrected chi connectivity index (χ3v) is 7.44. The van der Waals surface area contributed by atoms with Crippen LogP contribution in [0.25, 0.3) is 0 Å². The summed E-state index contributed by atoms with van der Waals surface area (Å²) in [5, 5.41) is 27.4. The second-order valence-corrected chi connectivity index (χ2v) is 9.34. The molecule has 0 spiro atoms. The van der Waals surface area contributed by atoms with E-state index in [2.05, 4.69) is 31.0 Å². The number of carboxylic acid groups (broad SMARTS) is 1. The Balaban J connectivity index is 1.51. The van der Waals surface area contributed by atoms with Gasteiger partial charge >= 0.3 is 5.97 Å². The number of anilines is 1. The van der Waals surface area contributed by atoms with Crippen molar-refractivity contribution >= 4 is 52.8 Å². The van der Waals surface area contributed by atoms with E-state index in [-0.39, 0.29) is 29.5 Å². The average molecular weight is 520 g/mol. The van der Waals surface area contributed by atoms with Gasteiger partial charge in [-0.25, -0.2) is 14.5 Å². The molecule has 2 aliphatic rings. The number of carbonyl (C=O) groups is 3. The molecule has 1 saturated heterocycles. The van der Waals surface area contributed by atoms with Crippen LogP contribution in [0.4, 0.5) is 5.82 Å². The zero-order chi connectivity index (χ0) is 25.1. The molecule has 0 saturated carbocycles. The van der Waals surface area contributed by atoms with Crippen LogP contribution in [0.1, 0.15) is 12.6 Å². The second-order valence-electron chi connectivity index (χ2n) is 7.30. The molecule has 2 aromatic heterocycles. The van der Waals surface area contributed by atoms with Crippen LogP contribution in [-0.2, 0) is 26.3 Å². The van der Waals surface area contributed by atoms with Gasteiger partial charge in [-0.05, 0) is 35.1 Å². The minimum Gasteiger partial charge on any atom is -0.477 e. The molecule has 4 rings (SSSR count). The first-order valence-corrected chi connectivity index (χ1v) is 12.3. The summed E-state index contributed by atoms with van der Waals surface area (Å²) in [5.74, 6) is -1.60. The van der Waals surface area contributed by atoms with Gasteiger partial charge in [-0.1, -0.05) is 23.0 Å². The maximum atomic E-state index is 13.0. The summed E-state index contributed by atoms with van der Waals surface area (Å²) in [6.07, 6.45) is 0. The van der Waals surface area contributed by atoms with Crippen LogP contribution in [0.5, 0.6) is 0 Å². The number of carbonyl (C=O) groups excluding carboxylic acids is 2. The largest absolute Gasteiger partial charge is 0.477 e. The van der Waals surface area contributed by atoms with Gasteiger partial charge in [0, 0.05) is 18.6 Å². The molecule has 16 heteroatoms. The summed E-state index contributed by atoms with van der Waals surface area (Å²) in [4.78, 5) is 48.3. The number of β-lactam (4-membered cyclic amide) rings is 1. The molecule has 2 amide bonds. The number of hydrogen-bond acceptors (Lipinski definition) is 12. The van der Waals surface area contributed by atoms with Gasteiger partial charge in [0.15, 0.2) is 5.71 Å². The maximum absolute atomic E-state index is 13.0. The number of tetrazole rings is 1. The number of nitrogens with one attached hydrogen (secondary N) is 1. The van der Waals surface area contributed by atoms with Crippen LogP contribution < -0.4 is 11.1 Å². The third kappa shape index (κ3) is 4.93. The first-order chi connectivity index (χ1) is 16.8. The summed E-state index contributed by atoms with van der Waals surface area (Å²) in [6, 6.07) is 3.77. The summed E-state index contributed by atoms with van der Waals surface area (Å²) in [5.41, 5.74) is 6.22. The van der Waals surface area contributed by atoms with Crippen LogP contribution in [-0.4, -0.2) is 88.2 Å². The molecule has 4 N–H and O–H groups in total. The fourth-order valence-corrected chi connectivity index (χ4v) is 5.75. The number of aliphatic carboxylic acids is 1. The predicted octanol–water partition coefficient (Wildman–Crippen LogP) is -0.541. The number of fused-ring (bicyclic) bond motifs is 1. The number of aromatic nitrogens is 5. The van der Waals surface area contributed by atoms with E-state index in [4.69, 9.17) is 10.6 Å². The minimum absolute atomic E-state index is 0.0902. The zero-order valence-electron chi connectivity index (χ0n) is 18.6. The van der Waals surface area contributed by atoms with Crippen molar-refractivity contribution in [1.29, 1.82) is 0 Å². The Bertz CT molecular complexity index is 1230. The van der Waals surface area contributed by atoms with Gasteiger partial charge in [-0.15, -0.1) is 16.9 Å². The van der Waals surface area contributed by atoms with Gasteiger partial charge in [0.1, 0.15) is 35.2 Å². The number of aryl methyl sites for hydroxylation is 1. The lowest BCUT2D eigenvalue weighted by Gasteiger charge is -2.49. The molecule has 1 fully saturated rings. The number of oxime groups is 1. The number of pyridine rings is 1. The summed E-state index contributed by atoms with van der Waals surface area (Å²) >= 11 is 2.63. The van der Waals surface area contributed by atoms with Gasteiger partial charge in [-0.2, -0.15) is 0 Å². The molecule has 0 aromatic carbocycles. The number of thioether (sulfide) groups is 2. The Morgan fingerprint density at radius 2 is 2.23 bits per heavy atom. The number of hydrogen-bond donors (Lipinski definition) is 3. The first kappa shape index (κ1) is 24.5. The summed E-state index contributed by atoms with van der Waals surface area (Å²) < 4.78 is 1.47. The number of nitrogens with zero attached hydrogens (tertiary/aromatic N) is 7. The van der Waals surface area contributed by atoms with Crippen molar-refractivity contribution < 1.29 is 24.3 Å². The average Bonchev–Trinajstić information content (AvgIpc) is 3.25.